The molecule has 2 aromatic carbocycles. The number of hydrogen-bond acceptors (Lipinski definition) is 4. The second-order valence-corrected chi connectivity index (χ2v) is 5.55. The summed E-state index contributed by atoms with van der Waals surface area (Å²) in [6.45, 7) is 1.89. The lowest BCUT2D eigenvalue weighted by Crippen LogP contribution is -1.99. The molecule has 3 rings (SSSR count). The average Bonchev–Trinajstić information content (AvgIpc) is 2.53. The number of hydrogen-bond donors (Lipinski definition) is 2. The second kappa shape index (κ2) is 5.75. The van der Waals surface area contributed by atoms with Crippen LogP contribution >= 0.6 is 11.6 Å². The number of nitriles is 1. The standard InChI is InChI=1S/C17H12ClFN4/c1-9-4-16-12(6-15(9)21)17(10(7-20)8-22-16)23-11-2-3-14(19)13(18)5-11/h2-6,8H,21H2,1H3,(H,22,23). The van der Waals surface area contributed by atoms with Crippen molar-refractivity contribution >= 4 is 39.6 Å². The molecule has 0 unspecified atom stereocenters. The second-order valence-electron chi connectivity index (χ2n) is 5.14. The number of benzene rings is 2. The van der Waals surface area contributed by atoms with Crippen LogP contribution in [-0.4, -0.2) is 4.98 Å². The molecule has 4 nitrogen and oxygen atoms in total. The quantitative estimate of drug-likeness (QED) is 0.678. The first-order valence-electron chi connectivity index (χ1n) is 6.80. The topological polar surface area (TPSA) is 74.7 Å². The Hall–Kier alpha value is -2.84. The van der Waals surface area contributed by atoms with Crippen molar-refractivity contribution in [2.75, 3.05) is 11.1 Å². The van der Waals surface area contributed by atoms with E-state index >= 15 is 0 Å². The molecule has 0 amide bonds. The summed E-state index contributed by atoms with van der Waals surface area (Å²) >= 11 is 5.81. The Morgan fingerprint density at radius 1 is 1.30 bits per heavy atom. The molecule has 0 spiro atoms. The van der Waals surface area contributed by atoms with E-state index in [9.17, 15) is 9.65 Å². The number of nitrogens with two attached hydrogens (primary N) is 1. The SMILES string of the molecule is Cc1cc2ncc(C#N)c(Nc3ccc(F)c(Cl)c3)c2cc1N. The number of aryl methyl sites for hydroxylation is 1. The highest BCUT2D eigenvalue weighted by Gasteiger charge is 2.12. The van der Waals surface area contributed by atoms with Gasteiger partial charge in [0.2, 0.25) is 0 Å². The highest BCUT2D eigenvalue weighted by molar-refractivity contribution is 6.31. The van der Waals surface area contributed by atoms with E-state index in [2.05, 4.69) is 16.4 Å². The normalized spacial score (nSPS) is 10.5. The molecular weight excluding hydrogens is 315 g/mol. The highest BCUT2D eigenvalue weighted by atomic mass is 35.5. The van der Waals surface area contributed by atoms with Gasteiger partial charge >= 0.3 is 0 Å². The van der Waals surface area contributed by atoms with Crippen LogP contribution in [0.4, 0.5) is 21.5 Å². The third-order valence-corrected chi connectivity index (χ3v) is 3.85. The van der Waals surface area contributed by atoms with Crippen LogP contribution in [0.5, 0.6) is 0 Å². The number of nitrogens with zero attached hydrogens (tertiary/aromatic N) is 2. The van der Waals surface area contributed by atoms with E-state index in [1.54, 1.807) is 12.1 Å². The molecule has 1 heterocycles. The van der Waals surface area contributed by atoms with Gasteiger partial charge in [-0.25, -0.2) is 4.39 Å². The fourth-order valence-corrected chi connectivity index (χ4v) is 2.48. The lowest BCUT2D eigenvalue weighted by atomic mass is 10.1. The Labute approximate surface area is 137 Å². The Kier molecular flexibility index (Phi) is 3.77. The van der Waals surface area contributed by atoms with E-state index < -0.39 is 5.82 Å². The van der Waals surface area contributed by atoms with Crippen molar-refractivity contribution in [3.8, 4) is 6.07 Å². The molecule has 0 fully saturated rings. The first kappa shape index (κ1) is 15.1. The van der Waals surface area contributed by atoms with Crippen LogP contribution in [0.3, 0.4) is 0 Å². The highest BCUT2D eigenvalue weighted by Crippen LogP contribution is 2.32. The van der Waals surface area contributed by atoms with Crippen molar-refractivity contribution in [3.63, 3.8) is 0 Å². The number of anilines is 3. The molecule has 0 saturated carbocycles. The van der Waals surface area contributed by atoms with Crippen molar-refractivity contribution in [2.24, 2.45) is 0 Å². The van der Waals surface area contributed by atoms with Gasteiger partial charge in [-0.15, -0.1) is 0 Å². The van der Waals surface area contributed by atoms with Gasteiger partial charge in [-0.2, -0.15) is 5.26 Å². The van der Waals surface area contributed by atoms with Crippen LogP contribution in [0.15, 0.2) is 36.5 Å². The minimum Gasteiger partial charge on any atom is -0.398 e. The Balaban J connectivity index is 2.19. The van der Waals surface area contributed by atoms with Gasteiger partial charge in [0.15, 0.2) is 0 Å². The fraction of sp³-hybridized carbons (Fsp3) is 0.0588. The first-order valence-corrected chi connectivity index (χ1v) is 7.18. The Bertz CT molecular complexity index is 963. The number of fused-ring (bicyclic) bond motifs is 1. The van der Waals surface area contributed by atoms with Gasteiger partial charge in [-0.3, -0.25) is 4.98 Å². The van der Waals surface area contributed by atoms with Crippen molar-refractivity contribution in [3.05, 3.63) is 58.5 Å². The van der Waals surface area contributed by atoms with E-state index in [4.69, 9.17) is 17.3 Å². The zero-order valence-electron chi connectivity index (χ0n) is 12.2. The monoisotopic (exact) mass is 326 g/mol. The van der Waals surface area contributed by atoms with E-state index in [-0.39, 0.29) is 5.02 Å². The maximum atomic E-state index is 13.3. The van der Waals surface area contributed by atoms with Crippen LogP contribution in [0.2, 0.25) is 5.02 Å². The van der Waals surface area contributed by atoms with Gasteiger partial charge in [-0.05, 0) is 42.8 Å². The smallest absolute Gasteiger partial charge is 0.141 e. The van der Waals surface area contributed by atoms with Crippen LogP contribution in [0.1, 0.15) is 11.1 Å². The number of rotatable bonds is 2. The summed E-state index contributed by atoms with van der Waals surface area (Å²) in [6.07, 6.45) is 1.49. The molecule has 0 aliphatic rings. The van der Waals surface area contributed by atoms with Gasteiger partial charge in [0, 0.05) is 23.0 Å². The maximum absolute atomic E-state index is 13.3. The van der Waals surface area contributed by atoms with Crippen LogP contribution in [-0.2, 0) is 0 Å². The molecule has 0 radical (unpaired) electrons. The molecule has 6 heteroatoms. The molecule has 0 bridgehead atoms. The van der Waals surface area contributed by atoms with E-state index in [0.29, 0.717) is 33.5 Å². The molecule has 23 heavy (non-hydrogen) atoms. The zero-order chi connectivity index (χ0) is 16.6. The van der Waals surface area contributed by atoms with Gasteiger partial charge in [-0.1, -0.05) is 11.6 Å². The summed E-state index contributed by atoms with van der Waals surface area (Å²) in [6, 6.07) is 9.99. The van der Waals surface area contributed by atoms with E-state index in [1.165, 1.54) is 18.3 Å². The van der Waals surface area contributed by atoms with Crippen molar-refractivity contribution in [1.29, 1.82) is 5.26 Å². The molecule has 3 N–H and O–H groups in total. The predicted molar refractivity (Wildman–Crippen MR) is 90.3 cm³/mol. The Morgan fingerprint density at radius 2 is 2.09 bits per heavy atom. The fourth-order valence-electron chi connectivity index (χ4n) is 2.30. The third kappa shape index (κ3) is 2.77. The molecule has 0 aliphatic heterocycles. The van der Waals surface area contributed by atoms with Crippen LogP contribution in [0.25, 0.3) is 10.9 Å². The van der Waals surface area contributed by atoms with Gasteiger partial charge < -0.3 is 11.1 Å². The molecule has 0 atom stereocenters. The molecule has 0 aliphatic carbocycles. The molecule has 3 aromatic rings. The molecule has 0 saturated heterocycles. The van der Waals surface area contributed by atoms with Gasteiger partial charge in [0.05, 0.1) is 21.8 Å². The zero-order valence-corrected chi connectivity index (χ0v) is 12.9. The van der Waals surface area contributed by atoms with Crippen LogP contribution < -0.4 is 11.1 Å². The van der Waals surface area contributed by atoms with Gasteiger partial charge in [0.1, 0.15) is 11.9 Å². The summed E-state index contributed by atoms with van der Waals surface area (Å²) in [7, 11) is 0. The minimum absolute atomic E-state index is 0.00206. The molecule has 1 aromatic heterocycles. The van der Waals surface area contributed by atoms with Crippen molar-refractivity contribution < 1.29 is 4.39 Å². The molecular formula is C17H12ClFN4. The summed E-state index contributed by atoms with van der Waals surface area (Å²) in [4.78, 5) is 4.28. The number of halogens is 2. The maximum Gasteiger partial charge on any atom is 0.141 e. The number of nitrogen functional groups attached to an aromatic ring is 1. The minimum atomic E-state index is -0.503. The predicted octanol–water partition coefficient (Wildman–Crippen LogP) is 4.53. The average molecular weight is 327 g/mol. The number of pyridine rings is 1. The van der Waals surface area contributed by atoms with E-state index in [1.807, 2.05) is 13.0 Å². The lowest BCUT2D eigenvalue weighted by molar-refractivity contribution is 0.628. The summed E-state index contributed by atoms with van der Waals surface area (Å²) < 4.78 is 13.3. The van der Waals surface area contributed by atoms with Crippen molar-refractivity contribution in [1.82, 2.24) is 4.98 Å². The van der Waals surface area contributed by atoms with Crippen molar-refractivity contribution in [2.45, 2.75) is 6.92 Å². The summed E-state index contributed by atoms with van der Waals surface area (Å²) in [5.41, 5.74) is 9.70. The molecule has 114 valence electrons. The summed E-state index contributed by atoms with van der Waals surface area (Å²) in [5.74, 6) is -0.503. The Morgan fingerprint density at radius 3 is 2.78 bits per heavy atom. The number of nitrogens with one attached hydrogen (secondary N) is 1. The third-order valence-electron chi connectivity index (χ3n) is 3.57. The largest absolute Gasteiger partial charge is 0.398 e. The van der Waals surface area contributed by atoms with E-state index in [0.717, 1.165) is 5.56 Å². The first-order chi connectivity index (χ1) is 11.0. The number of aromatic nitrogens is 1. The lowest BCUT2D eigenvalue weighted by Gasteiger charge is -2.13. The van der Waals surface area contributed by atoms with Gasteiger partial charge in [0.25, 0.3) is 0 Å². The van der Waals surface area contributed by atoms with Crippen LogP contribution in [0, 0.1) is 24.1 Å². The summed E-state index contributed by atoms with van der Waals surface area (Å²) in [5, 5.41) is 13.2.